The van der Waals surface area contributed by atoms with Crippen molar-refractivity contribution >= 4 is 18.5 Å². The van der Waals surface area contributed by atoms with Gasteiger partial charge in [0.15, 0.2) is 0 Å². The quantitative estimate of drug-likeness (QED) is 0.286. The molecule has 0 spiro atoms. The van der Waals surface area contributed by atoms with E-state index in [1.807, 2.05) is 30.3 Å². The van der Waals surface area contributed by atoms with Crippen molar-refractivity contribution in [2.24, 2.45) is 0 Å². The van der Waals surface area contributed by atoms with Gasteiger partial charge in [-0.3, -0.25) is 14.2 Å². The summed E-state index contributed by atoms with van der Waals surface area (Å²) in [5.74, 6) is -1.50. The zero-order valence-electron chi connectivity index (χ0n) is 23.0. The summed E-state index contributed by atoms with van der Waals surface area (Å²) in [6.45, 7) is 1.94. The average molecular weight is 575 g/mol. The standard InChI is InChI=1S/C30H40F2N4O3S/c31-30(32)15-12-23(13-16-30)39-19-6-2-5-17-33-20-25(37)35-18-14-24-26(29(35)40)28(38)36(22-10-3-1-4-11-22)27(34-24)21-8-7-9-21/h1,3-4,10-11,21,23,29,33,40H,2,5-9,12-20H2. The molecule has 1 unspecified atom stereocenters. The fraction of sp³-hybridized carbons (Fsp3) is 0.633. The van der Waals surface area contributed by atoms with Gasteiger partial charge in [-0.25, -0.2) is 13.8 Å². The Bertz CT molecular complexity index is 1210. The number of unbranched alkanes of at least 4 members (excludes halogenated alkanes) is 2. The number of halogens is 2. The van der Waals surface area contributed by atoms with Gasteiger partial charge >= 0.3 is 0 Å². The summed E-state index contributed by atoms with van der Waals surface area (Å²) in [7, 11) is 0. The molecule has 2 aliphatic carbocycles. The average Bonchev–Trinajstić information content (AvgIpc) is 2.90. The Morgan fingerprint density at radius 1 is 1.10 bits per heavy atom. The number of aromatic nitrogens is 2. The van der Waals surface area contributed by atoms with Crippen LogP contribution in [0.4, 0.5) is 8.78 Å². The number of para-hydroxylation sites is 1. The normalized spacial score (nSPS) is 21.2. The Morgan fingerprint density at radius 2 is 1.85 bits per heavy atom. The Labute approximate surface area is 240 Å². The van der Waals surface area contributed by atoms with E-state index >= 15 is 0 Å². The van der Waals surface area contributed by atoms with Crippen molar-refractivity contribution in [2.45, 2.75) is 93.9 Å². The molecule has 2 fully saturated rings. The highest BCUT2D eigenvalue weighted by molar-refractivity contribution is 7.80. The number of nitrogens with one attached hydrogen (secondary N) is 1. The van der Waals surface area contributed by atoms with Gasteiger partial charge in [-0.2, -0.15) is 0 Å². The van der Waals surface area contributed by atoms with Crippen molar-refractivity contribution in [3.05, 3.63) is 57.8 Å². The SMILES string of the molecule is O=C(CNCCCCCOC1CCC(F)(F)CC1)N1CCc2nc(C3CCC3)n(-c3ccccc3)c(=O)c2C1S. The minimum Gasteiger partial charge on any atom is -0.378 e. The molecule has 5 rings (SSSR count). The molecule has 2 aromatic rings. The van der Waals surface area contributed by atoms with Crippen LogP contribution in [0.25, 0.3) is 5.69 Å². The number of hydrogen-bond acceptors (Lipinski definition) is 6. The van der Waals surface area contributed by atoms with Gasteiger partial charge < -0.3 is 15.0 Å². The summed E-state index contributed by atoms with van der Waals surface area (Å²) in [5, 5.41) is 2.58. The summed E-state index contributed by atoms with van der Waals surface area (Å²) in [5.41, 5.74) is 1.92. The first-order valence-corrected chi connectivity index (χ1v) is 15.2. The monoisotopic (exact) mass is 574 g/mol. The fourth-order valence-electron chi connectivity index (χ4n) is 5.83. The lowest BCUT2D eigenvalue weighted by Crippen LogP contribution is -2.46. The van der Waals surface area contributed by atoms with Gasteiger partial charge in [0, 0.05) is 38.3 Å². The number of amides is 1. The molecule has 2 heterocycles. The number of ether oxygens (including phenoxy) is 1. The first-order valence-electron chi connectivity index (χ1n) is 14.7. The first-order chi connectivity index (χ1) is 19.3. The predicted octanol–water partition coefficient (Wildman–Crippen LogP) is 5.17. The van der Waals surface area contributed by atoms with E-state index in [1.165, 1.54) is 0 Å². The van der Waals surface area contributed by atoms with Crippen molar-refractivity contribution in [1.29, 1.82) is 0 Å². The molecule has 3 aliphatic rings. The number of hydrogen-bond donors (Lipinski definition) is 2. The molecule has 0 saturated heterocycles. The van der Waals surface area contributed by atoms with Crippen LogP contribution in [0, 0.1) is 0 Å². The lowest BCUT2D eigenvalue weighted by molar-refractivity contribution is -0.131. The minimum atomic E-state index is -2.52. The van der Waals surface area contributed by atoms with Crippen molar-refractivity contribution in [3.8, 4) is 5.69 Å². The van der Waals surface area contributed by atoms with Crippen LogP contribution < -0.4 is 10.9 Å². The summed E-state index contributed by atoms with van der Waals surface area (Å²) < 4.78 is 34.0. The molecule has 1 aromatic carbocycles. The van der Waals surface area contributed by atoms with E-state index in [4.69, 9.17) is 22.3 Å². The van der Waals surface area contributed by atoms with E-state index in [-0.39, 0.29) is 42.9 Å². The lowest BCUT2D eigenvalue weighted by Gasteiger charge is -2.35. The Morgan fingerprint density at radius 3 is 2.55 bits per heavy atom. The number of carbonyl (C=O) groups excluding carboxylic acids is 1. The van der Waals surface area contributed by atoms with Gasteiger partial charge in [0.1, 0.15) is 11.2 Å². The highest BCUT2D eigenvalue weighted by Gasteiger charge is 2.36. The van der Waals surface area contributed by atoms with E-state index in [1.54, 1.807) is 9.47 Å². The van der Waals surface area contributed by atoms with E-state index in [9.17, 15) is 18.4 Å². The Balaban J connectivity index is 1.11. The number of thiol groups is 1. The molecule has 0 bridgehead atoms. The maximum Gasteiger partial charge on any atom is 0.264 e. The van der Waals surface area contributed by atoms with Crippen LogP contribution in [0.3, 0.4) is 0 Å². The number of nitrogens with zero attached hydrogens (tertiary/aromatic N) is 3. The maximum absolute atomic E-state index is 13.8. The fourth-order valence-corrected chi connectivity index (χ4v) is 6.34. The molecular weight excluding hydrogens is 534 g/mol. The molecule has 1 amide bonds. The van der Waals surface area contributed by atoms with Crippen LogP contribution in [0.1, 0.15) is 92.6 Å². The van der Waals surface area contributed by atoms with E-state index in [0.29, 0.717) is 44.5 Å². The van der Waals surface area contributed by atoms with E-state index in [0.717, 1.165) is 55.7 Å². The van der Waals surface area contributed by atoms with Gasteiger partial charge in [-0.15, -0.1) is 12.6 Å². The number of carbonyl (C=O) groups is 1. The molecule has 7 nitrogen and oxygen atoms in total. The second-order valence-electron chi connectivity index (χ2n) is 11.3. The van der Waals surface area contributed by atoms with Crippen LogP contribution >= 0.6 is 12.6 Å². The summed E-state index contributed by atoms with van der Waals surface area (Å²) in [4.78, 5) is 33.6. The largest absolute Gasteiger partial charge is 0.378 e. The van der Waals surface area contributed by atoms with Crippen LogP contribution in [0.5, 0.6) is 0 Å². The molecular formula is C30H40F2N4O3S. The lowest BCUT2D eigenvalue weighted by atomic mass is 9.84. The highest BCUT2D eigenvalue weighted by Crippen LogP contribution is 2.38. The highest BCUT2D eigenvalue weighted by atomic mass is 32.1. The number of benzene rings is 1. The molecule has 1 N–H and O–H groups in total. The van der Waals surface area contributed by atoms with E-state index < -0.39 is 11.3 Å². The molecule has 40 heavy (non-hydrogen) atoms. The number of alkyl halides is 2. The summed E-state index contributed by atoms with van der Waals surface area (Å²) in [6.07, 6.45) is 7.12. The van der Waals surface area contributed by atoms with Gasteiger partial charge in [-0.05, 0) is 63.6 Å². The number of rotatable bonds is 11. The van der Waals surface area contributed by atoms with Gasteiger partial charge in [0.05, 0.1) is 29.6 Å². The molecule has 1 atom stereocenters. The van der Waals surface area contributed by atoms with E-state index in [2.05, 4.69) is 5.32 Å². The topological polar surface area (TPSA) is 76.5 Å². The first kappa shape index (κ1) is 29.2. The third kappa shape index (κ3) is 6.77. The zero-order valence-corrected chi connectivity index (χ0v) is 23.9. The predicted molar refractivity (Wildman–Crippen MR) is 153 cm³/mol. The van der Waals surface area contributed by atoms with Crippen LogP contribution in [0.2, 0.25) is 0 Å². The Hall–Kier alpha value is -2.30. The Kier molecular flexibility index (Phi) is 9.58. The van der Waals surface area contributed by atoms with Crippen LogP contribution in [0.15, 0.2) is 35.1 Å². The van der Waals surface area contributed by atoms with Crippen LogP contribution in [-0.2, 0) is 16.0 Å². The molecule has 10 heteroatoms. The molecule has 218 valence electrons. The number of fused-ring (bicyclic) bond motifs is 1. The van der Waals surface area contributed by atoms with Crippen LogP contribution in [-0.4, -0.2) is 58.6 Å². The third-order valence-electron chi connectivity index (χ3n) is 8.46. The second-order valence-corrected chi connectivity index (χ2v) is 11.8. The molecule has 2 saturated carbocycles. The summed E-state index contributed by atoms with van der Waals surface area (Å²) >= 11 is 4.75. The van der Waals surface area contributed by atoms with Crippen molar-refractivity contribution in [2.75, 3.05) is 26.2 Å². The third-order valence-corrected chi connectivity index (χ3v) is 9.00. The molecule has 0 radical (unpaired) electrons. The summed E-state index contributed by atoms with van der Waals surface area (Å²) in [6, 6.07) is 9.60. The van der Waals surface area contributed by atoms with Crippen molar-refractivity contribution in [3.63, 3.8) is 0 Å². The minimum absolute atomic E-state index is 0.0453. The van der Waals surface area contributed by atoms with Crippen molar-refractivity contribution in [1.82, 2.24) is 19.8 Å². The van der Waals surface area contributed by atoms with Crippen molar-refractivity contribution < 1.29 is 18.3 Å². The second kappa shape index (κ2) is 13.1. The zero-order chi connectivity index (χ0) is 28.1. The van der Waals surface area contributed by atoms with Gasteiger partial charge in [0.2, 0.25) is 11.8 Å². The molecule has 1 aliphatic heterocycles. The van der Waals surface area contributed by atoms with Gasteiger partial charge in [0.25, 0.3) is 5.56 Å². The van der Waals surface area contributed by atoms with Gasteiger partial charge in [-0.1, -0.05) is 24.6 Å². The molecule has 1 aromatic heterocycles. The smallest absolute Gasteiger partial charge is 0.264 e. The maximum atomic E-state index is 13.8.